The number of aromatic amines is 1. The molecule has 0 amide bonds. The van der Waals surface area contributed by atoms with Crippen LogP contribution in [-0.4, -0.2) is 43.4 Å². The van der Waals surface area contributed by atoms with Crippen molar-refractivity contribution in [3.8, 4) is 0 Å². The fourth-order valence-corrected chi connectivity index (χ4v) is 2.46. The van der Waals surface area contributed by atoms with Crippen LogP contribution in [0.2, 0.25) is 0 Å². The Balaban J connectivity index is 2.08. The highest BCUT2D eigenvalue weighted by atomic mass is 16.3. The number of H-pyrrole nitrogens is 1. The number of nitrogens with two attached hydrogens (primary N) is 1. The Bertz CT molecular complexity index is 584. The highest BCUT2D eigenvalue weighted by molar-refractivity contribution is 5.87. The fourth-order valence-electron chi connectivity index (χ4n) is 2.46. The van der Waals surface area contributed by atoms with E-state index in [-0.39, 0.29) is 12.1 Å². The maximum absolute atomic E-state index is 10.0. The van der Waals surface area contributed by atoms with Gasteiger partial charge in [-0.05, 0) is 6.92 Å². The molecule has 1 fully saturated rings. The van der Waals surface area contributed by atoms with Crippen LogP contribution in [0.3, 0.4) is 0 Å². The highest BCUT2D eigenvalue weighted by Gasteiger charge is 2.40. The van der Waals surface area contributed by atoms with Crippen molar-refractivity contribution in [1.29, 1.82) is 0 Å². The molecule has 0 saturated carbocycles. The van der Waals surface area contributed by atoms with E-state index in [1.807, 2.05) is 6.92 Å². The first-order valence-corrected chi connectivity index (χ1v) is 5.79. The van der Waals surface area contributed by atoms with Crippen molar-refractivity contribution < 1.29 is 10.2 Å². The Labute approximate surface area is 103 Å². The number of nitrogens with one attached hydrogen (secondary N) is 2. The summed E-state index contributed by atoms with van der Waals surface area (Å²) in [5, 5.41) is 23.0. The number of hydrogen-bond acceptors (Lipinski definition) is 6. The molecule has 4 atom stereocenters. The Hall–Kier alpha value is -1.70. The maximum atomic E-state index is 10.0. The molecular weight excluding hydrogens is 234 g/mol. The molecule has 0 aromatic carbocycles. The third kappa shape index (κ3) is 1.48. The molecule has 7 nitrogen and oxygen atoms in total. The van der Waals surface area contributed by atoms with Gasteiger partial charge in [0.05, 0.1) is 17.7 Å². The lowest BCUT2D eigenvalue weighted by atomic mass is 10.0. The molecule has 0 spiro atoms. The lowest BCUT2D eigenvalue weighted by molar-refractivity contribution is 0.0303. The molecule has 96 valence electrons. The Morgan fingerprint density at radius 3 is 2.72 bits per heavy atom. The van der Waals surface area contributed by atoms with E-state index in [4.69, 9.17) is 5.73 Å². The minimum absolute atomic E-state index is 0.172. The summed E-state index contributed by atoms with van der Waals surface area (Å²) in [6.07, 6.45) is 1.46. The van der Waals surface area contributed by atoms with Crippen LogP contribution in [0.15, 0.2) is 12.5 Å². The summed E-state index contributed by atoms with van der Waals surface area (Å²) >= 11 is 0. The first-order valence-electron chi connectivity index (χ1n) is 5.79. The van der Waals surface area contributed by atoms with E-state index in [1.165, 1.54) is 6.33 Å². The second kappa shape index (κ2) is 3.91. The number of fused-ring (bicyclic) bond motifs is 1. The van der Waals surface area contributed by atoms with Gasteiger partial charge in [-0.15, -0.1) is 0 Å². The van der Waals surface area contributed by atoms with Gasteiger partial charge < -0.3 is 26.2 Å². The summed E-state index contributed by atoms with van der Waals surface area (Å²) in [6.45, 7) is 1.83. The van der Waals surface area contributed by atoms with Crippen molar-refractivity contribution in [2.75, 3.05) is 5.73 Å². The summed E-state index contributed by atoms with van der Waals surface area (Å²) in [6, 6.07) is -0.535. The van der Waals surface area contributed by atoms with E-state index in [0.29, 0.717) is 16.9 Å². The van der Waals surface area contributed by atoms with Crippen molar-refractivity contribution in [2.24, 2.45) is 0 Å². The molecule has 0 aliphatic carbocycles. The summed E-state index contributed by atoms with van der Waals surface area (Å²) in [5.41, 5.74) is 7.85. The average Bonchev–Trinajstić information content (AvgIpc) is 2.88. The highest BCUT2D eigenvalue weighted by Crippen LogP contribution is 2.32. The van der Waals surface area contributed by atoms with Crippen LogP contribution in [0.4, 0.5) is 5.82 Å². The number of rotatable bonds is 1. The molecular formula is C11H15N5O2. The SMILES string of the molecule is C[C@H]1N[C@@H](c2c[nH]c3c(N)ncnc23)[C@H](O)[C@@H]1O. The van der Waals surface area contributed by atoms with Crippen molar-refractivity contribution in [3.63, 3.8) is 0 Å². The monoisotopic (exact) mass is 249 g/mol. The number of nitrogen functional groups attached to an aromatic ring is 1. The van der Waals surface area contributed by atoms with E-state index in [9.17, 15) is 10.2 Å². The molecule has 0 bridgehead atoms. The number of nitrogens with zero attached hydrogens (tertiary/aromatic N) is 2. The first-order chi connectivity index (χ1) is 8.59. The molecule has 0 radical (unpaired) electrons. The molecule has 3 heterocycles. The van der Waals surface area contributed by atoms with Gasteiger partial charge in [-0.1, -0.05) is 0 Å². The first kappa shape index (κ1) is 11.4. The molecule has 2 aromatic heterocycles. The topological polar surface area (TPSA) is 120 Å². The van der Waals surface area contributed by atoms with Gasteiger partial charge in [-0.2, -0.15) is 0 Å². The molecule has 6 N–H and O–H groups in total. The molecule has 1 aliphatic heterocycles. The zero-order valence-electron chi connectivity index (χ0n) is 9.83. The molecule has 7 heteroatoms. The molecule has 3 rings (SSSR count). The van der Waals surface area contributed by atoms with Crippen LogP contribution in [0.1, 0.15) is 18.5 Å². The van der Waals surface area contributed by atoms with Crippen LogP contribution >= 0.6 is 0 Å². The Kier molecular flexibility index (Phi) is 2.47. The predicted molar refractivity (Wildman–Crippen MR) is 65.7 cm³/mol. The van der Waals surface area contributed by atoms with Gasteiger partial charge in [0.2, 0.25) is 0 Å². The quantitative estimate of drug-likeness (QED) is 0.455. The zero-order valence-corrected chi connectivity index (χ0v) is 9.83. The van der Waals surface area contributed by atoms with E-state index in [2.05, 4.69) is 20.3 Å². The van der Waals surface area contributed by atoms with Gasteiger partial charge in [0, 0.05) is 17.8 Å². The van der Waals surface area contributed by atoms with Crippen molar-refractivity contribution >= 4 is 16.9 Å². The van der Waals surface area contributed by atoms with Crippen LogP contribution < -0.4 is 11.1 Å². The van der Waals surface area contributed by atoms with Crippen molar-refractivity contribution in [1.82, 2.24) is 20.3 Å². The van der Waals surface area contributed by atoms with Crippen LogP contribution in [-0.2, 0) is 0 Å². The lowest BCUT2D eigenvalue weighted by Gasteiger charge is -2.14. The van der Waals surface area contributed by atoms with Gasteiger partial charge in [-0.3, -0.25) is 0 Å². The fraction of sp³-hybridized carbons (Fsp3) is 0.455. The average molecular weight is 249 g/mol. The van der Waals surface area contributed by atoms with Crippen molar-refractivity contribution in [2.45, 2.75) is 31.2 Å². The van der Waals surface area contributed by atoms with E-state index in [0.717, 1.165) is 5.56 Å². The molecule has 1 saturated heterocycles. The maximum Gasteiger partial charge on any atom is 0.151 e. The Morgan fingerprint density at radius 2 is 2.06 bits per heavy atom. The summed E-state index contributed by atoms with van der Waals surface area (Å²) in [4.78, 5) is 11.1. The predicted octanol–water partition coefficient (Wildman–Crippen LogP) is -0.705. The number of aromatic nitrogens is 3. The minimum atomic E-state index is -0.866. The molecule has 18 heavy (non-hydrogen) atoms. The number of hydrogen-bond donors (Lipinski definition) is 5. The third-order valence-electron chi connectivity index (χ3n) is 3.50. The standard InChI is InChI=1S/C11H15N5O2/c1-4-9(17)10(18)7(16-4)5-2-13-8-6(5)14-3-15-11(8)12/h2-4,7,9-10,13,16-18H,1H3,(H2,12,14,15)/t4-,7+,9-,10+/m1/s1. The van der Waals surface area contributed by atoms with Crippen LogP contribution in [0.5, 0.6) is 0 Å². The summed E-state index contributed by atoms with van der Waals surface area (Å²) in [5.74, 6) is 0.368. The second-order valence-corrected chi connectivity index (χ2v) is 4.64. The molecule has 1 aliphatic rings. The normalized spacial score (nSPS) is 32.2. The van der Waals surface area contributed by atoms with E-state index >= 15 is 0 Å². The van der Waals surface area contributed by atoms with Crippen LogP contribution in [0.25, 0.3) is 11.0 Å². The minimum Gasteiger partial charge on any atom is -0.389 e. The number of anilines is 1. The smallest absolute Gasteiger partial charge is 0.151 e. The third-order valence-corrected chi connectivity index (χ3v) is 3.50. The van der Waals surface area contributed by atoms with Gasteiger partial charge in [0.15, 0.2) is 5.82 Å². The zero-order chi connectivity index (χ0) is 12.9. The number of aliphatic hydroxyl groups excluding tert-OH is 2. The largest absolute Gasteiger partial charge is 0.389 e. The summed E-state index contributed by atoms with van der Waals surface area (Å²) in [7, 11) is 0. The van der Waals surface area contributed by atoms with Gasteiger partial charge in [0.1, 0.15) is 17.9 Å². The lowest BCUT2D eigenvalue weighted by Crippen LogP contribution is -2.29. The summed E-state index contributed by atoms with van der Waals surface area (Å²) < 4.78 is 0. The molecule has 2 aromatic rings. The second-order valence-electron chi connectivity index (χ2n) is 4.64. The number of aliphatic hydroxyl groups is 2. The van der Waals surface area contributed by atoms with E-state index in [1.54, 1.807) is 6.20 Å². The van der Waals surface area contributed by atoms with Crippen molar-refractivity contribution in [3.05, 3.63) is 18.1 Å². The van der Waals surface area contributed by atoms with Gasteiger partial charge >= 0.3 is 0 Å². The Morgan fingerprint density at radius 1 is 1.28 bits per heavy atom. The van der Waals surface area contributed by atoms with Crippen LogP contribution in [0, 0.1) is 0 Å². The van der Waals surface area contributed by atoms with Gasteiger partial charge in [-0.25, -0.2) is 9.97 Å². The van der Waals surface area contributed by atoms with Gasteiger partial charge in [0.25, 0.3) is 0 Å². The molecule has 0 unspecified atom stereocenters. The van der Waals surface area contributed by atoms with E-state index < -0.39 is 12.2 Å².